The largest absolute Gasteiger partial charge is 0.386 e. The minimum absolute atomic E-state index is 0.0714. The molecule has 2 nitrogen and oxygen atoms in total. The molecule has 0 aromatic heterocycles. The summed E-state index contributed by atoms with van der Waals surface area (Å²) in [6.07, 6.45) is 4.07. The normalized spacial score (nSPS) is 31.9. The van der Waals surface area contributed by atoms with E-state index in [0.29, 0.717) is 18.2 Å². The van der Waals surface area contributed by atoms with Gasteiger partial charge in [-0.1, -0.05) is 50.6 Å². The van der Waals surface area contributed by atoms with Crippen molar-refractivity contribution in [2.45, 2.75) is 40.2 Å². The molecule has 2 bridgehead atoms. The zero-order valence-corrected chi connectivity index (χ0v) is 13.6. The Bertz CT molecular complexity index is 619. The van der Waals surface area contributed by atoms with Gasteiger partial charge in [0.25, 0.3) is 0 Å². The smallest absolute Gasteiger partial charge is 0.167 e. The third-order valence-electron chi connectivity index (χ3n) is 5.87. The van der Waals surface area contributed by atoms with E-state index in [2.05, 4.69) is 26.1 Å². The van der Waals surface area contributed by atoms with Gasteiger partial charge in [-0.15, -0.1) is 0 Å². The van der Waals surface area contributed by atoms with Crippen molar-refractivity contribution >= 4 is 17.4 Å². The van der Waals surface area contributed by atoms with E-state index in [4.69, 9.17) is 11.6 Å². The molecule has 1 aromatic rings. The predicted octanol–water partition coefficient (Wildman–Crippen LogP) is 4.34. The molecular formula is C18H22ClNO. The fourth-order valence-corrected chi connectivity index (χ4v) is 4.21. The Kier molecular flexibility index (Phi) is 3.40. The van der Waals surface area contributed by atoms with E-state index in [1.54, 1.807) is 0 Å². The Morgan fingerprint density at radius 3 is 2.67 bits per heavy atom. The first kappa shape index (κ1) is 14.6. The fraction of sp³-hybridized carbons (Fsp3) is 0.500. The number of hydrogen-bond donors (Lipinski definition) is 1. The topological polar surface area (TPSA) is 29.1 Å². The summed E-state index contributed by atoms with van der Waals surface area (Å²) in [5, 5.41) is 4.05. The number of allylic oxidation sites excluding steroid dienone is 1. The average Bonchev–Trinajstić information content (AvgIpc) is 2.75. The lowest BCUT2D eigenvalue weighted by molar-refractivity contribution is -0.125. The van der Waals surface area contributed by atoms with Gasteiger partial charge in [0.2, 0.25) is 0 Å². The van der Waals surface area contributed by atoms with E-state index in [9.17, 15) is 4.79 Å². The number of ketones is 1. The highest BCUT2D eigenvalue weighted by Crippen LogP contribution is 2.65. The number of fused-ring (bicyclic) bond motifs is 2. The van der Waals surface area contributed by atoms with Gasteiger partial charge in [-0.2, -0.15) is 0 Å². The van der Waals surface area contributed by atoms with Crippen LogP contribution in [0, 0.1) is 16.7 Å². The maximum Gasteiger partial charge on any atom is 0.167 e. The molecule has 3 rings (SSSR count). The lowest BCUT2D eigenvalue weighted by Crippen LogP contribution is -2.32. The van der Waals surface area contributed by atoms with Gasteiger partial charge >= 0.3 is 0 Å². The van der Waals surface area contributed by atoms with Crippen LogP contribution in [0.2, 0.25) is 5.02 Å². The Balaban J connectivity index is 1.77. The van der Waals surface area contributed by atoms with Gasteiger partial charge in [-0.3, -0.25) is 4.79 Å². The predicted molar refractivity (Wildman–Crippen MR) is 86.0 cm³/mol. The minimum Gasteiger partial charge on any atom is -0.386 e. The van der Waals surface area contributed by atoms with Crippen LogP contribution in [0.4, 0.5) is 0 Å². The lowest BCUT2D eigenvalue weighted by atomic mass is 9.70. The van der Waals surface area contributed by atoms with E-state index in [1.807, 2.05) is 30.5 Å². The molecule has 112 valence electrons. The van der Waals surface area contributed by atoms with Crippen LogP contribution in [0.15, 0.2) is 36.0 Å². The number of carbonyl (C=O) groups excluding carboxylic acids is 1. The van der Waals surface area contributed by atoms with Gasteiger partial charge < -0.3 is 5.32 Å². The number of hydrogen-bond acceptors (Lipinski definition) is 2. The van der Waals surface area contributed by atoms with Crippen molar-refractivity contribution in [2.24, 2.45) is 16.7 Å². The molecule has 21 heavy (non-hydrogen) atoms. The summed E-state index contributed by atoms with van der Waals surface area (Å²) in [6.45, 7) is 7.25. The van der Waals surface area contributed by atoms with Crippen LogP contribution in [0.1, 0.15) is 39.2 Å². The highest BCUT2D eigenvalue weighted by atomic mass is 35.5. The monoisotopic (exact) mass is 303 g/mol. The van der Waals surface area contributed by atoms with Crippen LogP contribution in [0.3, 0.4) is 0 Å². The van der Waals surface area contributed by atoms with Gasteiger partial charge in [-0.25, -0.2) is 0 Å². The maximum absolute atomic E-state index is 12.7. The van der Waals surface area contributed by atoms with Gasteiger partial charge in [0.1, 0.15) is 0 Å². The van der Waals surface area contributed by atoms with Crippen molar-refractivity contribution in [2.75, 3.05) is 0 Å². The van der Waals surface area contributed by atoms with Crippen molar-refractivity contribution in [3.63, 3.8) is 0 Å². The quantitative estimate of drug-likeness (QED) is 0.842. The maximum atomic E-state index is 12.7. The molecule has 1 aromatic carbocycles. The van der Waals surface area contributed by atoms with Crippen molar-refractivity contribution in [1.82, 2.24) is 5.32 Å². The number of benzene rings is 1. The van der Waals surface area contributed by atoms with E-state index in [1.165, 1.54) is 0 Å². The van der Waals surface area contributed by atoms with E-state index >= 15 is 0 Å². The van der Waals surface area contributed by atoms with Crippen molar-refractivity contribution in [3.05, 3.63) is 46.6 Å². The second-order valence-corrected chi connectivity index (χ2v) is 7.45. The number of carbonyl (C=O) groups is 1. The minimum atomic E-state index is -0.185. The Labute approximate surface area is 131 Å². The first-order valence-electron chi connectivity index (χ1n) is 7.59. The summed E-state index contributed by atoms with van der Waals surface area (Å²) in [4.78, 5) is 12.7. The molecule has 0 spiro atoms. The first-order valence-corrected chi connectivity index (χ1v) is 7.97. The molecule has 0 amide bonds. The van der Waals surface area contributed by atoms with Crippen LogP contribution in [-0.2, 0) is 11.3 Å². The molecule has 2 aliphatic rings. The molecule has 2 fully saturated rings. The van der Waals surface area contributed by atoms with Gasteiger partial charge in [0.05, 0.1) is 0 Å². The average molecular weight is 304 g/mol. The third kappa shape index (κ3) is 2.03. The number of Topliss-reactive ketones (excluding diaryl/α,β-unsaturated/α-hetero) is 1. The third-order valence-corrected chi connectivity index (χ3v) is 6.24. The fourth-order valence-electron chi connectivity index (χ4n) is 4.01. The molecule has 2 saturated carbocycles. The summed E-state index contributed by atoms with van der Waals surface area (Å²) in [7, 11) is 0. The molecule has 2 atom stereocenters. The van der Waals surface area contributed by atoms with E-state index in [0.717, 1.165) is 29.0 Å². The number of rotatable bonds is 3. The summed E-state index contributed by atoms with van der Waals surface area (Å²) >= 11 is 6.15. The van der Waals surface area contributed by atoms with Crippen molar-refractivity contribution in [1.29, 1.82) is 0 Å². The number of nitrogens with one attached hydrogen (secondary N) is 1. The molecule has 0 aliphatic heterocycles. The van der Waals surface area contributed by atoms with Crippen molar-refractivity contribution < 1.29 is 4.79 Å². The van der Waals surface area contributed by atoms with Gasteiger partial charge in [0.15, 0.2) is 5.78 Å². The second kappa shape index (κ2) is 4.88. The highest BCUT2D eigenvalue weighted by Gasteiger charge is 2.63. The zero-order chi connectivity index (χ0) is 15.3. The molecule has 0 heterocycles. The standard InChI is InChI=1S/C18H22ClNO/c1-17(2)14-8-9-18(17,3)16(21)13(14)11-20-10-12-6-4-5-7-15(12)19/h4-7,11,14,20H,8-10H2,1-3H3/b13-11+. The molecule has 0 radical (unpaired) electrons. The number of halogens is 1. The van der Waals surface area contributed by atoms with Crippen LogP contribution in [0.5, 0.6) is 0 Å². The summed E-state index contributed by atoms with van der Waals surface area (Å²) < 4.78 is 0. The van der Waals surface area contributed by atoms with Crippen LogP contribution in [-0.4, -0.2) is 5.78 Å². The Morgan fingerprint density at radius 2 is 2.05 bits per heavy atom. The molecule has 1 N–H and O–H groups in total. The van der Waals surface area contributed by atoms with Crippen LogP contribution >= 0.6 is 11.6 Å². The summed E-state index contributed by atoms with van der Waals surface area (Å²) in [6, 6.07) is 7.79. The molecule has 2 unspecified atom stereocenters. The SMILES string of the molecule is CC12CCC(/C(=C\NCc3ccccc3Cl)C1=O)C2(C)C. The summed E-state index contributed by atoms with van der Waals surface area (Å²) in [5.41, 5.74) is 1.91. The molecule has 0 saturated heterocycles. The van der Waals surface area contributed by atoms with E-state index < -0.39 is 0 Å². The molecular weight excluding hydrogens is 282 g/mol. The zero-order valence-electron chi connectivity index (χ0n) is 12.9. The summed E-state index contributed by atoms with van der Waals surface area (Å²) in [5.74, 6) is 0.712. The van der Waals surface area contributed by atoms with Crippen LogP contribution in [0.25, 0.3) is 0 Å². The van der Waals surface area contributed by atoms with Crippen molar-refractivity contribution in [3.8, 4) is 0 Å². The van der Waals surface area contributed by atoms with Crippen LogP contribution < -0.4 is 5.32 Å². The Morgan fingerprint density at radius 1 is 1.33 bits per heavy atom. The van der Waals surface area contributed by atoms with Gasteiger partial charge in [0, 0.05) is 28.8 Å². The van der Waals surface area contributed by atoms with Gasteiger partial charge in [-0.05, 0) is 35.8 Å². The Hall–Kier alpha value is -1.28. The second-order valence-electron chi connectivity index (χ2n) is 7.05. The highest BCUT2D eigenvalue weighted by molar-refractivity contribution is 6.31. The lowest BCUT2D eigenvalue weighted by Gasteiger charge is -2.31. The molecule has 3 heteroatoms. The van der Waals surface area contributed by atoms with E-state index in [-0.39, 0.29) is 10.8 Å². The first-order chi connectivity index (χ1) is 9.88. The molecule has 2 aliphatic carbocycles.